The highest BCUT2D eigenvalue weighted by Crippen LogP contribution is 2.30. The number of piperazine rings is 1. The maximum absolute atomic E-state index is 12.6. The van der Waals surface area contributed by atoms with Gasteiger partial charge in [0, 0.05) is 55.9 Å². The highest BCUT2D eigenvalue weighted by molar-refractivity contribution is 5.93. The zero-order valence-corrected chi connectivity index (χ0v) is 16.8. The van der Waals surface area contributed by atoms with Gasteiger partial charge in [0.25, 0.3) is 0 Å². The molecule has 2 amide bonds. The van der Waals surface area contributed by atoms with Gasteiger partial charge in [-0.05, 0) is 57.0 Å². The summed E-state index contributed by atoms with van der Waals surface area (Å²) in [5.74, 6) is 0.156. The summed E-state index contributed by atoms with van der Waals surface area (Å²) in [6.07, 6.45) is 4.74. The largest absolute Gasteiger partial charge is 0.369 e. The summed E-state index contributed by atoms with van der Waals surface area (Å²) in [5, 5.41) is 5.90. The van der Waals surface area contributed by atoms with Crippen molar-refractivity contribution in [3.05, 3.63) is 36.9 Å². The lowest BCUT2D eigenvalue weighted by atomic mass is 9.81. The Balaban J connectivity index is 1.46. The normalized spacial score (nSPS) is 23.1. The molecule has 0 bridgehead atoms. The molecule has 0 unspecified atom stereocenters. The molecule has 0 atom stereocenters. The second kappa shape index (κ2) is 9.73. The first-order valence-corrected chi connectivity index (χ1v) is 10.3. The average Bonchev–Trinajstić information content (AvgIpc) is 2.73. The Morgan fingerprint density at radius 1 is 1.00 bits per heavy atom. The standard InChI is InChI=1S/C22H32N4O2/c1-3-12-23-21(27)17-4-6-18(7-5-17)22(28)24-19-8-10-20(11-9-19)26-15-13-25(2)14-16-26/h3,8-11,17-18H,1,4-7,12-16H2,2H3,(H,23,27)(H,24,28). The number of likely N-dealkylation sites (N-methyl/N-ethyl adjacent to an activating group) is 1. The minimum absolute atomic E-state index is 0.0132. The van der Waals surface area contributed by atoms with Crippen molar-refractivity contribution < 1.29 is 9.59 Å². The van der Waals surface area contributed by atoms with Crippen molar-refractivity contribution in [3.8, 4) is 0 Å². The van der Waals surface area contributed by atoms with E-state index in [1.807, 2.05) is 12.1 Å². The van der Waals surface area contributed by atoms with E-state index in [-0.39, 0.29) is 23.7 Å². The van der Waals surface area contributed by atoms with Crippen molar-refractivity contribution in [2.75, 3.05) is 50.0 Å². The van der Waals surface area contributed by atoms with Crippen LogP contribution < -0.4 is 15.5 Å². The third kappa shape index (κ3) is 5.35. The fourth-order valence-corrected chi connectivity index (χ4v) is 4.00. The van der Waals surface area contributed by atoms with Gasteiger partial charge in [-0.15, -0.1) is 6.58 Å². The predicted octanol–water partition coefficient (Wildman–Crippen LogP) is 2.49. The molecule has 152 valence electrons. The third-order valence-electron chi connectivity index (χ3n) is 5.89. The van der Waals surface area contributed by atoms with Gasteiger partial charge in [-0.1, -0.05) is 6.08 Å². The van der Waals surface area contributed by atoms with Crippen LogP contribution in [0.4, 0.5) is 11.4 Å². The van der Waals surface area contributed by atoms with Crippen LogP contribution in [-0.2, 0) is 9.59 Å². The summed E-state index contributed by atoms with van der Waals surface area (Å²) < 4.78 is 0. The first-order chi connectivity index (χ1) is 13.6. The molecule has 1 saturated carbocycles. The number of hydrogen-bond acceptors (Lipinski definition) is 4. The quantitative estimate of drug-likeness (QED) is 0.740. The molecule has 1 saturated heterocycles. The molecule has 28 heavy (non-hydrogen) atoms. The van der Waals surface area contributed by atoms with E-state index in [0.717, 1.165) is 57.5 Å². The van der Waals surface area contributed by atoms with Gasteiger partial charge in [0.1, 0.15) is 0 Å². The van der Waals surface area contributed by atoms with E-state index in [2.05, 4.69) is 46.2 Å². The van der Waals surface area contributed by atoms with Crippen LogP contribution in [0.3, 0.4) is 0 Å². The monoisotopic (exact) mass is 384 g/mol. The molecule has 6 heteroatoms. The van der Waals surface area contributed by atoms with Crippen molar-refractivity contribution in [3.63, 3.8) is 0 Å². The topological polar surface area (TPSA) is 64.7 Å². The van der Waals surface area contributed by atoms with E-state index < -0.39 is 0 Å². The van der Waals surface area contributed by atoms with Gasteiger partial charge in [-0.2, -0.15) is 0 Å². The van der Waals surface area contributed by atoms with Crippen LogP contribution in [0.25, 0.3) is 0 Å². The summed E-state index contributed by atoms with van der Waals surface area (Å²) >= 11 is 0. The van der Waals surface area contributed by atoms with Gasteiger partial charge in [0.15, 0.2) is 0 Å². The van der Waals surface area contributed by atoms with Gasteiger partial charge in [0.2, 0.25) is 11.8 Å². The summed E-state index contributed by atoms with van der Waals surface area (Å²) in [5.41, 5.74) is 2.05. The van der Waals surface area contributed by atoms with Crippen molar-refractivity contribution >= 4 is 23.2 Å². The highest BCUT2D eigenvalue weighted by Gasteiger charge is 2.29. The van der Waals surface area contributed by atoms with E-state index in [1.165, 1.54) is 5.69 Å². The Morgan fingerprint density at radius 3 is 2.14 bits per heavy atom. The number of nitrogens with zero attached hydrogens (tertiary/aromatic N) is 2. The van der Waals surface area contributed by atoms with Gasteiger partial charge in [0.05, 0.1) is 0 Å². The van der Waals surface area contributed by atoms with Crippen LogP contribution in [0.15, 0.2) is 36.9 Å². The molecule has 2 N–H and O–H groups in total. The Labute approximate surface area is 168 Å². The molecule has 2 fully saturated rings. The molecule has 1 aliphatic heterocycles. The minimum atomic E-state index is -0.0132. The second-order valence-corrected chi connectivity index (χ2v) is 7.91. The fourth-order valence-electron chi connectivity index (χ4n) is 4.00. The Morgan fingerprint density at radius 2 is 1.57 bits per heavy atom. The maximum Gasteiger partial charge on any atom is 0.227 e. The third-order valence-corrected chi connectivity index (χ3v) is 5.89. The molecular weight excluding hydrogens is 352 g/mol. The van der Waals surface area contributed by atoms with E-state index in [9.17, 15) is 9.59 Å². The predicted molar refractivity (Wildman–Crippen MR) is 113 cm³/mol. The molecule has 1 aliphatic carbocycles. The lowest BCUT2D eigenvalue weighted by molar-refractivity contribution is -0.128. The number of rotatable bonds is 6. The van der Waals surface area contributed by atoms with Crippen LogP contribution in [-0.4, -0.2) is 56.5 Å². The Hall–Kier alpha value is -2.34. The highest BCUT2D eigenvalue weighted by atomic mass is 16.2. The van der Waals surface area contributed by atoms with Crippen molar-refractivity contribution in [1.82, 2.24) is 10.2 Å². The number of carbonyl (C=O) groups is 2. The van der Waals surface area contributed by atoms with E-state index in [1.54, 1.807) is 6.08 Å². The first-order valence-electron chi connectivity index (χ1n) is 10.3. The Bertz CT molecular complexity index is 672. The van der Waals surface area contributed by atoms with Gasteiger partial charge < -0.3 is 20.4 Å². The van der Waals surface area contributed by atoms with Gasteiger partial charge >= 0.3 is 0 Å². The summed E-state index contributed by atoms with van der Waals surface area (Å²) in [7, 11) is 2.15. The van der Waals surface area contributed by atoms with E-state index in [4.69, 9.17) is 0 Å². The lowest BCUT2D eigenvalue weighted by Gasteiger charge is -2.34. The summed E-state index contributed by atoms with van der Waals surface area (Å²) in [6, 6.07) is 8.14. The van der Waals surface area contributed by atoms with Crippen molar-refractivity contribution in [2.24, 2.45) is 11.8 Å². The number of nitrogens with one attached hydrogen (secondary N) is 2. The molecule has 1 aromatic rings. The number of carbonyl (C=O) groups excluding carboxylic acids is 2. The number of hydrogen-bond donors (Lipinski definition) is 2. The fraction of sp³-hybridized carbons (Fsp3) is 0.545. The lowest BCUT2D eigenvalue weighted by Crippen LogP contribution is -2.44. The van der Waals surface area contributed by atoms with Crippen molar-refractivity contribution in [1.29, 1.82) is 0 Å². The molecule has 3 rings (SSSR count). The van der Waals surface area contributed by atoms with Crippen LogP contribution in [0.1, 0.15) is 25.7 Å². The number of benzene rings is 1. The zero-order valence-electron chi connectivity index (χ0n) is 16.8. The van der Waals surface area contributed by atoms with Gasteiger partial charge in [-0.3, -0.25) is 9.59 Å². The van der Waals surface area contributed by atoms with E-state index >= 15 is 0 Å². The molecule has 0 aromatic heterocycles. The molecule has 2 aliphatic rings. The molecule has 6 nitrogen and oxygen atoms in total. The van der Waals surface area contributed by atoms with Crippen LogP contribution in [0.2, 0.25) is 0 Å². The minimum Gasteiger partial charge on any atom is -0.369 e. The molecule has 1 heterocycles. The zero-order chi connectivity index (χ0) is 19.9. The summed E-state index contributed by atoms with van der Waals surface area (Å²) in [4.78, 5) is 29.4. The van der Waals surface area contributed by atoms with E-state index in [0.29, 0.717) is 6.54 Å². The molecule has 0 radical (unpaired) electrons. The second-order valence-electron chi connectivity index (χ2n) is 7.91. The Kier molecular flexibility index (Phi) is 7.09. The molecule has 0 spiro atoms. The first kappa shape index (κ1) is 20.4. The average molecular weight is 385 g/mol. The maximum atomic E-state index is 12.6. The summed E-state index contributed by atoms with van der Waals surface area (Å²) in [6.45, 7) is 8.34. The SMILES string of the molecule is C=CCNC(=O)C1CCC(C(=O)Nc2ccc(N3CCN(C)CC3)cc2)CC1. The van der Waals surface area contributed by atoms with Crippen LogP contribution >= 0.6 is 0 Å². The van der Waals surface area contributed by atoms with Crippen LogP contribution in [0, 0.1) is 11.8 Å². The smallest absolute Gasteiger partial charge is 0.227 e. The van der Waals surface area contributed by atoms with Gasteiger partial charge in [-0.25, -0.2) is 0 Å². The number of anilines is 2. The van der Waals surface area contributed by atoms with Crippen LogP contribution in [0.5, 0.6) is 0 Å². The molecular formula is C22H32N4O2. The van der Waals surface area contributed by atoms with Crippen molar-refractivity contribution in [2.45, 2.75) is 25.7 Å². The number of amides is 2. The molecule has 1 aromatic carbocycles.